The summed E-state index contributed by atoms with van der Waals surface area (Å²) in [5, 5.41) is 6.96. The van der Waals surface area contributed by atoms with E-state index in [9.17, 15) is 4.79 Å². The predicted molar refractivity (Wildman–Crippen MR) is 109 cm³/mol. The van der Waals surface area contributed by atoms with Gasteiger partial charge in [-0.3, -0.25) is 4.79 Å². The van der Waals surface area contributed by atoms with Gasteiger partial charge in [-0.15, -0.1) is 0 Å². The van der Waals surface area contributed by atoms with Gasteiger partial charge in [-0.2, -0.15) is 0 Å². The fourth-order valence-corrected chi connectivity index (χ4v) is 2.94. The van der Waals surface area contributed by atoms with E-state index in [-0.39, 0.29) is 17.9 Å². The summed E-state index contributed by atoms with van der Waals surface area (Å²) in [4.78, 5) is 17.5. The fourth-order valence-electron chi connectivity index (χ4n) is 2.94. The van der Waals surface area contributed by atoms with Gasteiger partial charge in [0.15, 0.2) is 18.1 Å². The molecule has 0 aromatic heterocycles. The van der Waals surface area contributed by atoms with Gasteiger partial charge >= 0.3 is 0 Å². The van der Waals surface area contributed by atoms with E-state index < -0.39 is 0 Å². The Balaban J connectivity index is 1.59. The second-order valence-electron chi connectivity index (χ2n) is 7.65. The van der Waals surface area contributed by atoms with Crippen molar-refractivity contribution in [3.8, 4) is 11.5 Å². The number of oxime groups is 1. The van der Waals surface area contributed by atoms with Gasteiger partial charge in [-0.25, -0.2) is 0 Å². The van der Waals surface area contributed by atoms with Gasteiger partial charge in [0.2, 0.25) is 0 Å². The lowest BCUT2D eigenvalue weighted by atomic mass is 9.86. The molecule has 0 unspecified atom stereocenters. The normalized spacial score (nSPS) is 13.8. The summed E-state index contributed by atoms with van der Waals surface area (Å²) >= 11 is 0. The molecule has 0 radical (unpaired) electrons. The zero-order chi connectivity index (χ0) is 20.1. The molecule has 28 heavy (non-hydrogen) atoms. The third-order valence-electron chi connectivity index (χ3n) is 4.37. The van der Waals surface area contributed by atoms with Crippen LogP contribution in [0.25, 0.3) is 0 Å². The van der Waals surface area contributed by atoms with Crippen LogP contribution >= 0.6 is 0 Å². The van der Waals surface area contributed by atoms with E-state index in [1.165, 1.54) is 0 Å². The number of ether oxygens (including phenoxy) is 2. The maximum atomic E-state index is 12.3. The molecule has 0 fully saturated rings. The molecule has 1 aliphatic rings. The third-order valence-corrected chi connectivity index (χ3v) is 4.37. The second kappa shape index (κ2) is 8.33. The number of hydrogen-bond acceptors (Lipinski definition) is 5. The van der Waals surface area contributed by atoms with E-state index in [1.54, 1.807) is 0 Å². The topological polar surface area (TPSA) is 69.2 Å². The standard InChI is InChI=1S/C22H26N2O4/c1-15(16-9-10-19-20(13-16)27-12-11-26-19)24-28-14-21(25)23-18-8-6-5-7-17(18)22(2,3)4/h5-10,13H,11-12,14H2,1-4H3,(H,23,25)/b24-15-. The number of hydrogen-bond donors (Lipinski definition) is 1. The number of para-hydroxylation sites is 1. The number of fused-ring (bicyclic) bond motifs is 1. The Kier molecular flexibility index (Phi) is 5.87. The number of nitrogens with zero attached hydrogens (tertiary/aromatic N) is 1. The minimum absolute atomic E-state index is 0.0717. The number of amides is 1. The predicted octanol–water partition coefficient (Wildman–Crippen LogP) is 4.13. The molecule has 148 valence electrons. The quantitative estimate of drug-likeness (QED) is 0.623. The number of carbonyl (C=O) groups is 1. The molecule has 3 rings (SSSR count). The molecule has 6 nitrogen and oxygen atoms in total. The Bertz CT molecular complexity index is 884. The lowest BCUT2D eigenvalue weighted by Crippen LogP contribution is -2.21. The van der Waals surface area contributed by atoms with Crippen LogP contribution in [0, 0.1) is 0 Å². The maximum absolute atomic E-state index is 12.3. The first-order valence-electron chi connectivity index (χ1n) is 9.30. The van der Waals surface area contributed by atoms with E-state index in [0.29, 0.717) is 24.7 Å². The highest BCUT2D eigenvalue weighted by molar-refractivity contribution is 5.99. The van der Waals surface area contributed by atoms with Gasteiger partial charge < -0.3 is 19.6 Å². The zero-order valence-corrected chi connectivity index (χ0v) is 16.7. The molecular weight excluding hydrogens is 356 g/mol. The Labute approximate surface area is 165 Å². The summed E-state index contributed by atoms with van der Waals surface area (Å²) < 4.78 is 11.1. The largest absolute Gasteiger partial charge is 0.486 e. The van der Waals surface area contributed by atoms with Gasteiger partial charge in [0.25, 0.3) is 5.91 Å². The van der Waals surface area contributed by atoms with Gasteiger partial charge in [0, 0.05) is 11.3 Å². The maximum Gasteiger partial charge on any atom is 0.265 e. The molecule has 0 aliphatic carbocycles. The van der Waals surface area contributed by atoms with Crippen molar-refractivity contribution in [2.75, 3.05) is 25.1 Å². The third kappa shape index (κ3) is 4.82. The van der Waals surface area contributed by atoms with E-state index in [2.05, 4.69) is 31.2 Å². The molecule has 0 bridgehead atoms. The number of nitrogens with one attached hydrogen (secondary N) is 1. The first-order valence-corrected chi connectivity index (χ1v) is 9.30. The van der Waals surface area contributed by atoms with Crippen LogP contribution in [0.4, 0.5) is 5.69 Å². The minimum atomic E-state index is -0.254. The summed E-state index contributed by atoms with van der Waals surface area (Å²) in [6, 6.07) is 13.4. The number of anilines is 1. The van der Waals surface area contributed by atoms with Gasteiger partial charge in [0.05, 0.1) is 5.71 Å². The summed E-state index contributed by atoms with van der Waals surface area (Å²) in [5.41, 5.74) is 3.29. The lowest BCUT2D eigenvalue weighted by molar-refractivity contribution is -0.120. The smallest absolute Gasteiger partial charge is 0.265 e. The average molecular weight is 382 g/mol. The van der Waals surface area contributed by atoms with Crippen LogP contribution in [0.15, 0.2) is 47.6 Å². The second-order valence-corrected chi connectivity index (χ2v) is 7.65. The highest BCUT2D eigenvalue weighted by Gasteiger charge is 2.18. The molecule has 0 spiro atoms. The van der Waals surface area contributed by atoms with Crippen molar-refractivity contribution in [3.63, 3.8) is 0 Å². The van der Waals surface area contributed by atoms with E-state index in [1.807, 2.05) is 49.4 Å². The van der Waals surface area contributed by atoms with Crippen molar-refractivity contribution in [2.45, 2.75) is 33.1 Å². The highest BCUT2D eigenvalue weighted by atomic mass is 16.6. The fraction of sp³-hybridized carbons (Fsp3) is 0.364. The molecule has 1 amide bonds. The van der Waals surface area contributed by atoms with Crippen molar-refractivity contribution in [1.82, 2.24) is 0 Å². The van der Waals surface area contributed by atoms with Crippen LogP contribution in [0.2, 0.25) is 0 Å². The number of carbonyl (C=O) groups excluding carboxylic acids is 1. The Morgan fingerprint density at radius 2 is 1.82 bits per heavy atom. The Morgan fingerprint density at radius 3 is 2.57 bits per heavy atom. The number of rotatable bonds is 5. The molecule has 1 N–H and O–H groups in total. The molecule has 1 heterocycles. The molecular formula is C22H26N2O4. The molecule has 0 saturated heterocycles. The van der Waals surface area contributed by atoms with E-state index in [4.69, 9.17) is 14.3 Å². The van der Waals surface area contributed by atoms with Crippen LogP contribution in [0.1, 0.15) is 38.8 Å². The Morgan fingerprint density at radius 1 is 1.11 bits per heavy atom. The Hall–Kier alpha value is -3.02. The molecule has 0 atom stereocenters. The number of benzene rings is 2. The molecule has 2 aromatic carbocycles. The van der Waals surface area contributed by atoms with Crippen molar-refractivity contribution in [2.24, 2.45) is 5.16 Å². The van der Waals surface area contributed by atoms with Crippen LogP contribution in [-0.2, 0) is 15.0 Å². The van der Waals surface area contributed by atoms with Crippen molar-refractivity contribution in [3.05, 3.63) is 53.6 Å². The highest BCUT2D eigenvalue weighted by Crippen LogP contribution is 2.31. The first kappa shape index (κ1) is 19.7. The summed E-state index contributed by atoms with van der Waals surface area (Å²) in [5.74, 6) is 1.16. The van der Waals surface area contributed by atoms with Crippen molar-refractivity contribution >= 4 is 17.3 Å². The lowest BCUT2D eigenvalue weighted by Gasteiger charge is -2.22. The van der Waals surface area contributed by atoms with Crippen LogP contribution in [0.3, 0.4) is 0 Å². The average Bonchev–Trinajstić information content (AvgIpc) is 2.67. The molecule has 1 aliphatic heterocycles. The van der Waals surface area contributed by atoms with Gasteiger partial charge in [-0.1, -0.05) is 44.1 Å². The first-order chi connectivity index (χ1) is 13.3. The summed E-state index contributed by atoms with van der Waals surface area (Å²) in [6.07, 6.45) is 0. The van der Waals surface area contributed by atoms with E-state index in [0.717, 1.165) is 22.6 Å². The van der Waals surface area contributed by atoms with Crippen molar-refractivity contribution < 1.29 is 19.1 Å². The van der Waals surface area contributed by atoms with Crippen LogP contribution in [0.5, 0.6) is 11.5 Å². The van der Waals surface area contributed by atoms with Crippen molar-refractivity contribution in [1.29, 1.82) is 0 Å². The SMILES string of the molecule is C/C(=N/OCC(=O)Nc1ccccc1C(C)(C)C)c1ccc2c(c1)OCCO2. The molecule has 2 aromatic rings. The molecule has 6 heteroatoms. The monoisotopic (exact) mass is 382 g/mol. The molecule has 0 saturated carbocycles. The van der Waals surface area contributed by atoms with Gasteiger partial charge in [-0.05, 0) is 42.2 Å². The van der Waals surface area contributed by atoms with E-state index >= 15 is 0 Å². The summed E-state index contributed by atoms with van der Waals surface area (Å²) in [7, 11) is 0. The van der Waals surface area contributed by atoms with Crippen LogP contribution in [-0.4, -0.2) is 31.4 Å². The zero-order valence-electron chi connectivity index (χ0n) is 16.7. The minimum Gasteiger partial charge on any atom is -0.486 e. The van der Waals surface area contributed by atoms with Gasteiger partial charge in [0.1, 0.15) is 13.2 Å². The summed E-state index contributed by atoms with van der Waals surface area (Å²) in [6.45, 7) is 9.05. The van der Waals surface area contributed by atoms with Crippen LogP contribution < -0.4 is 14.8 Å².